The molecule has 0 radical (unpaired) electrons. The fraction of sp³-hybridized carbons (Fsp3) is 0.714. The number of hydrogen-bond acceptors (Lipinski definition) is 1. The molecule has 2 aromatic carbocycles. The number of hydrogen-bond donors (Lipinski definition) is 0. The second-order valence-electron chi connectivity index (χ2n) is 17.1. The molecule has 0 N–H and O–H groups in total. The lowest BCUT2D eigenvalue weighted by Crippen LogP contribution is -2.57. The van der Waals surface area contributed by atoms with E-state index in [1.54, 1.807) is 93.7 Å². The third-order valence-corrected chi connectivity index (χ3v) is 17.2. The quantitative estimate of drug-likeness (QED) is 0.264. The molecule has 7 aliphatic carbocycles. The molecule has 0 saturated heterocycles. The molecular weight excluding hydrogens is 537 g/mol. The van der Waals surface area contributed by atoms with Gasteiger partial charge in [-0.15, -0.1) is 11.3 Å². The number of fused-ring (bicyclic) bond motifs is 15. The predicted octanol–water partition coefficient (Wildman–Crippen LogP) is 12.3. The van der Waals surface area contributed by atoms with Crippen LogP contribution in [0.2, 0.25) is 0 Å². The fourth-order valence-corrected chi connectivity index (χ4v) is 16.0. The van der Waals surface area contributed by atoms with Crippen LogP contribution in [-0.2, 0) is 0 Å². The Labute approximate surface area is 264 Å². The molecule has 1 heteroatoms. The SMILES string of the molecule is c1ccc2c(c1)sc1c(C3CCC4C5CCCCC5C5CC6C7CCCCC7C7CCCCC7C6CC5C4C3)cccc12. The Morgan fingerprint density at radius 3 is 1.47 bits per heavy atom. The highest BCUT2D eigenvalue weighted by Gasteiger charge is 2.59. The molecule has 228 valence electrons. The molecule has 7 saturated carbocycles. The van der Waals surface area contributed by atoms with Crippen LogP contribution < -0.4 is 0 Å². The van der Waals surface area contributed by atoms with Gasteiger partial charge in [-0.05, 0) is 159 Å². The second kappa shape index (κ2) is 10.6. The summed E-state index contributed by atoms with van der Waals surface area (Å²) in [5, 5.41) is 3.02. The van der Waals surface area contributed by atoms with E-state index in [0.29, 0.717) is 0 Å². The van der Waals surface area contributed by atoms with Gasteiger partial charge >= 0.3 is 0 Å². The van der Waals surface area contributed by atoms with Crippen LogP contribution in [0.1, 0.15) is 121 Å². The summed E-state index contributed by atoms with van der Waals surface area (Å²) in [6.45, 7) is 0. The maximum Gasteiger partial charge on any atom is 0.0390 e. The van der Waals surface area contributed by atoms with Crippen LogP contribution in [0.4, 0.5) is 0 Å². The van der Waals surface area contributed by atoms with Gasteiger partial charge in [0.1, 0.15) is 0 Å². The summed E-state index contributed by atoms with van der Waals surface area (Å²) in [6.07, 6.45) is 26.7. The average molecular weight is 591 g/mol. The first kappa shape index (κ1) is 26.8. The first-order valence-electron chi connectivity index (χ1n) is 19.2. The number of thiophene rings is 1. The molecule has 1 aromatic heterocycles. The molecular formula is C42H54S. The van der Waals surface area contributed by atoms with Gasteiger partial charge in [0.05, 0.1) is 0 Å². The summed E-state index contributed by atoms with van der Waals surface area (Å²) in [4.78, 5) is 0. The summed E-state index contributed by atoms with van der Waals surface area (Å²) < 4.78 is 3.11. The Balaban J connectivity index is 1.02. The minimum atomic E-state index is 0.785. The highest BCUT2D eigenvalue weighted by molar-refractivity contribution is 7.26. The van der Waals surface area contributed by atoms with Crippen molar-refractivity contribution in [1.82, 2.24) is 0 Å². The summed E-state index contributed by atoms with van der Waals surface area (Å²) in [7, 11) is 0. The van der Waals surface area contributed by atoms with Crippen LogP contribution in [0.5, 0.6) is 0 Å². The van der Waals surface area contributed by atoms with Crippen LogP contribution in [0.15, 0.2) is 42.5 Å². The van der Waals surface area contributed by atoms with Crippen LogP contribution in [0.25, 0.3) is 20.2 Å². The molecule has 13 atom stereocenters. The van der Waals surface area contributed by atoms with Gasteiger partial charge < -0.3 is 0 Å². The lowest BCUT2D eigenvalue weighted by Gasteiger charge is -2.65. The Bertz CT molecular complexity index is 1480. The van der Waals surface area contributed by atoms with Gasteiger partial charge in [0, 0.05) is 20.2 Å². The van der Waals surface area contributed by atoms with E-state index in [2.05, 4.69) is 53.8 Å². The topological polar surface area (TPSA) is 0 Å². The third kappa shape index (κ3) is 4.11. The largest absolute Gasteiger partial charge is 0.135 e. The number of benzene rings is 2. The molecule has 43 heavy (non-hydrogen) atoms. The fourth-order valence-electron chi connectivity index (χ4n) is 14.7. The Kier molecular flexibility index (Phi) is 6.62. The monoisotopic (exact) mass is 590 g/mol. The molecule has 7 fully saturated rings. The summed E-state index contributed by atoms with van der Waals surface area (Å²) in [6, 6.07) is 16.6. The maximum atomic E-state index is 2.56. The zero-order valence-corrected chi connectivity index (χ0v) is 27.3. The van der Waals surface area contributed by atoms with Crippen molar-refractivity contribution in [3.05, 3.63) is 48.0 Å². The Morgan fingerprint density at radius 2 is 0.860 bits per heavy atom. The van der Waals surface area contributed by atoms with Crippen LogP contribution in [-0.4, -0.2) is 0 Å². The smallest absolute Gasteiger partial charge is 0.0390 e. The van der Waals surface area contributed by atoms with Crippen LogP contribution in [0.3, 0.4) is 0 Å². The molecule has 0 spiro atoms. The van der Waals surface area contributed by atoms with Gasteiger partial charge in [-0.2, -0.15) is 0 Å². The van der Waals surface area contributed by atoms with Crippen LogP contribution in [0, 0.1) is 71.0 Å². The summed E-state index contributed by atoms with van der Waals surface area (Å²) >= 11 is 2.09. The highest BCUT2D eigenvalue weighted by Crippen LogP contribution is 2.67. The minimum absolute atomic E-state index is 0.785. The maximum absolute atomic E-state index is 2.56. The zero-order valence-electron chi connectivity index (χ0n) is 26.5. The van der Waals surface area contributed by atoms with Crippen molar-refractivity contribution in [3.8, 4) is 0 Å². The van der Waals surface area contributed by atoms with Gasteiger partial charge in [-0.1, -0.05) is 74.9 Å². The van der Waals surface area contributed by atoms with Gasteiger partial charge in [-0.25, -0.2) is 0 Å². The van der Waals surface area contributed by atoms with E-state index in [9.17, 15) is 0 Å². The lowest BCUT2D eigenvalue weighted by molar-refractivity contribution is -0.155. The van der Waals surface area contributed by atoms with Gasteiger partial charge in [0.2, 0.25) is 0 Å². The van der Waals surface area contributed by atoms with Crippen molar-refractivity contribution in [2.24, 2.45) is 71.0 Å². The van der Waals surface area contributed by atoms with E-state index in [-0.39, 0.29) is 0 Å². The van der Waals surface area contributed by atoms with Gasteiger partial charge in [0.15, 0.2) is 0 Å². The third-order valence-electron chi connectivity index (χ3n) is 15.9. The molecule has 1 heterocycles. The number of rotatable bonds is 1. The van der Waals surface area contributed by atoms with Gasteiger partial charge in [-0.3, -0.25) is 0 Å². The normalized spacial score (nSPS) is 45.7. The Morgan fingerprint density at radius 1 is 0.395 bits per heavy atom. The first-order valence-corrected chi connectivity index (χ1v) is 20.1. The molecule has 0 bridgehead atoms. The van der Waals surface area contributed by atoms with E-state index in [4.69, 9.17) is 0 Å². The van der Waals surface area contributed by atoms with E-state index in [1.165, 1.54) is 41.2 Å². The highest BCUT2D eigenvalue weighted by atomic mass is 32.1. The molecule has 0 nitrogen and oxygen atoms in total. The summed E-state index contributed by atoms with van der Waals surface area (Å²) in [5.74, 6) is 13.8. The Hall–Kier alpha value is -1.34. The van der Waals surface area contributed by atoms with Crippen molar-refractivity contribution in [1.29, 1.82) is 0 Å². The predicted molar refractivity (Wildman–Crippen MR) is 182 cm³/mol. The summed E-state index contributed by atoms with van der Waals surface area (Å²) in [5.41, 5.74) is 1.73. The van der Waals surface area contributed by atoms with Crippen LogP contribution >= 0.6 is 11.3 Å². The first-order chi connectivity index (χ1) is 21.3. The molecule has 7 aliphatic rings. The van der Waals surface area contributed by atoms with Crippen molar-refractivity contribution in [3.63, 3.8) is 0 Å². The van der Waals surface area contributed by atoms with Gasteiger partial charge in [0.25, 0.3) is 0 Å². The van der Waals surface area contributed by atoms with Crippen molar-refractivity contribution in [2.75, 3.05) is 0 Å². The minimum Gasteiger partial charge on any atom is -0.135 e. The average Bonchev–Trinajstić information content (AvgIpc) is 3.47. The van der Waals surface area contributed by atoms with E-state index in [0.717, 1.165) is 76.9 Å². The zero-order chi connectivity index (χ0) is 28.1. The van der Waals surface area contributed by atoms with E-state index < -0.39 is 0 Å². The molecule has 13 unspecified atom stereocenters. The standard InChI is InChI=1S/C42H54S/c1-4-13-30-27(10-1)28-11-2-5-14-31(28)38-24-40-36-22-25(26-17-9-18-35-34-16-7-8-19-41(34)43-42(26)35)20-21-33(36)29-12-3-6-15-32(29)39(40)23-37(30)38/h7-9,16-19,25,27-33,36-40H,1-6,10-15,20-24H2. The molecule has 10 rings (SSSR count). The van der Waals surface area contributed by atoms with Crippen molar-refractivity contribution >= 4 is 31.5 Å². The lowest BCUT2D eigenvalue weighted by atomic mass is 9.40. The molecule has 3 aromatic rings. The van der Waals surface area contributed by atoms with E-state index >= 15 is 0 Å². The van der Waals surface area contributed by atoms with Crippen molar-refractivity contribution in [2.45, 2.75) is 115 Å². The molecule has 0 amide bonds. The second-order valence-corrected chi connectivity index (χ2v) is 18.2. The van der Waals surface area contributed by atoms with E-state index in [1.807, 2.05) is 0 Å². The van der Waals surface area contributed by atoms with Crippen molar-refractivity contribution < 1.29 is 0 Å². The molecule has 0 aliphatic heterocycles.